The van der Waals surface area contributed by atoms with Crippen LogP contribution in [0.4, 0.5) is 0 Å². The van der Waals surface area contributed by atoms with Gasteiger partial charge in [0.05, 0.1) is 34.2 Å². The lowest BCUT2D eigenvalue weighted by Gasteiger charge is -2.11. The van der Waals surface area contributed by atoms with Gasteiger partial charge < -0.3 is 18.9 Å². The van der Waals surface area contributed by atoms with Crippen molar-refractivity contribution in [1.29, 1.82) is 0 Å². The van der Waals surface area contributed by atoms with Crippen LogP contribution < -0.4 is 24.4 Å². The Morgan fingerprint density at radius 3 is 2.38 bits per heavy atom. The largest absolute Gasteiger partial charge is 0.496 e. The minimum absolute atomic E-state index is 0.211. The SMILES string of the molecule is COc1cc(OC)c(OC)cc1C=NNC(=O)CCCOc1ccc(Cl)cc1C. The quantitative estimate of drug-likeness (QED) is 0.357. The molecule has 1 N–H and O–H groups in total. The van der Waals surface area contributed by atoms with E-state index in [0.717, 1.165) is 11.3 Å². The second-order valence-electron chi connectivity index (χ2n) is 6.10. The minimum Gasteiger partial charge on any atom is -0.496 e. The van der Waals surface area contributed by atoms with Crippen LogP contribution in [0.3, 0.4) is 0 Å². The highest BCUT2D eigenvalue weighted by Crippen LogP contribution is 2.33. The number of carbonyl (C=O) groups is 1. The summed E-state index contributed by atoms with van der Waals surface area (Å²) < 4.78 is 21.5. The zero-order valence-corrected chi connectivity index (χ0v) is 17.7. The topological polar surface area (TPSA) is 78.4 Å². The summed E-state index contributed by atoms with van der Waals surface area (Å²) in [6.45, 7) is 2.34. The van der Waals surface area contributed by atoms with Gasteiger partial charge >= 0.3 is 0 Å². The summed E-state index contributed by atoms with van der Waals surface area (Å²) in [6.07, 6.45) is 2.34. The van der Waals surface area contributed by atoms with Gasteiger partial charge in [0.15, 0.2) is 11.5 Å². The first-order chi connectivity index (χ1) is 14.0. The van der Waals surface area contributed by atoms with Crippen molar-refractivity contribution < 1.29 is 23.7 Å². The molecule has 0 saturated carbocycles. The fraction of sp³-hybridized carbons (Fsp3) is 0.333. The number of halogens is 1. The summed E-state index contributed by atoms with van der Waals surface area (Å²) in [4.78, 5) is 12.0. The van der Waals surface area contributed by atoms with Crippen molar-refractivity contribution in [2.75, 3.05) is 27.9 Å². The molecule has 2 aromatic carbocycles. The van der Waals surface area contributed by atoms with E-state index in [1.807, 2.05) is 19.1 Å². The van der Waals surface area contributed by atoms with E-state index in [2.05, 4.69) is 10.5 Å². The highest BCUT2D eigenvalue weighted by Gasteiger charge is 2.10. The molecule has 0 fully saturated rings. The van der Waals surface area contributed by atoms with Gasteiger partial charge in [-0.15, -0.1) is 0 Å². The van der Waals surface area contributed by atoms with Crippen LogP contribution >= 0.6 is 11.6 Å². The molecule has 2 aromatic rings. The number of hydrogen-bond donors (Lipinski definition) is 1. The van der Waals surface area contributed by atoms with Crippen LogP contribution in [0.1, 0.15) is 24.0 Å². The molecule has 0 unspecified atom stereocenters. The number of hydrogen-bond acceptors (Lipinski definition) is 6. The van der Waals surface area contributed by atoms with Crippen molar-refractivity contribution >= 4 is 23.7 Å². The number of nitrogens with one attached hydrogen (secondary N) is 1. The number of nitrogens with zero attached hydrogens (tertiary/aromatic N) is 1. The number of hydrazone groups is 1. The van der Waals surface area contributed by atoms with Gasteiger partial charge in [0, 0.05) is 23.1 Å². The molecule has 29 heavy (non-hydrogen) atoms. The van der Waals surface area contributed by atoms with Gasteiger partial charge in [0.2, 0.25) is 5.91 Å². The maximum absolute atomic E-state index is 12.0. The standard InChI is InChI=1S/C21H25ClN2O5/c1-14-10-16(22)7-8-17(14)29-9-5-6-21(25)24-23-13-15-11-19(27-3)20(28-4)12-18(15)26-2/h7-8,10-13H,5-6,9H2,1-4H3,(H,24,25). The third kappa shape index (κ3) is 6.57. The van der Waals surface area contributed by atoms with Gasteiger partial charge in [-0.1, -0.05) is 11.6 Å². The summed E-state index contributed by atoms with van der Waals surface area (Å²) >= 11 is 5.92. The van der Waals surface area contributed by atoms with E-state index in [4.69, 9.17) is 30.5 Å². The minimum atomic E-state index is -0.211. The Kier molecular flexibility index (Phi) is 8.61. The fourth-order valence-corrected chi connectivity index (χ4v) is 2.80. The number of amides is 1. The third-order valence-corrected chi connectivity index (χ3v) is 4.31. The smallest absolute Gasteiger partial charge is 0.240 e. The molecule has 156 valence electrons. The molecule has 0 aliphatic rings. The molecule has 0 aromatic heterocycles. The van der Waals surface area contributed by atoms with Crippen LogP contribution in [-0.4, -0.2) is 40.1 Å². The van der Waals surface area contributed by atoms with E-state index in [1.54, 1.807) is 39.5 Å². The zero-order chi connectivity index (χ0) is 21.2. The molecule has 0 atom stereocenters. The monoisotopic (exact) mass is 420 g/mol. The third-order valence-electron chi connectivity index (χ3n) is 4.07. The lowest BCUT2D eigenvalue weighted by Crippen LogP contribution is -2.18. The van der Waals surface area contributed by atoms with Gasteiger partial charge in [0.25, 0.3) is 0 Å². The van der Waals surface area contributed by atoms with Crippen LogP contribution in [0.2, 0.25) is 5.02 Å². The molecule has 7 nitrogen and oxygen atoms in total. The maximum Gasteiger partial charge on any atom is 0.240 e. The first-order valence-corrected chi connectivity index (χ1v) is 9.37. The van der Waals surface area contributed by atoms with E-state index in [9.17, 15) is 4.79 Å². The predicted octanol–water partition coefficient (Wildman–Crippen LogP) is 3.98. The highest BCUT2D eigenvalue weighted by molar-refractivity contribution is 6.30. The van der Waals surface area contributed by atoms with Crippen LogP contribution in [0.5, 0.6) is 23.0 Å². The van der Waals surface area contributed by atoms with Gasteiger partial charge in [-0.05, 0) is 43.2 Å². The van der Waals surface area contributed by atoms with Crippen LogP contribution in [0.15, 0.2) is 35.4 Å². The van der Waals surface area contributed by atoms with Crippen molar-refractivity contribution in [1.82, 2.24) is 5.43 Å². The zero-order valence-electron chi connectivity index (χ0n) is 17.0. The Morgan fingerprint density at radius 1 is 1.03 bits per heavy atom. The molecule has 0 spiro atoms. The van der Waals surface area contributed by atoms with E-state index in [0.29, 0.717) is 40.9 Å². The number of ether oxygens (including phenoxy) is 4. The van der Waals surface area contributed by atoms with Gasteiger partial charge in [0.1, 0.15) is 11.5 Å². The molecular weight excluding hydrogens is 396 g/mol. The number of aryl methyl sites for hydroxylation is 1. The second kappa shape index (κ2) is 11.2. The average Bonchev–Trinajstić information content (AvgIpc) is 2.71. The molecule has 1 amide bonds. The Morgan fingerprint density at radius 2 is 1.72 bits per heavy atom. The first-order valence-electron chi connectivity index (χ1n) is 8.99. The molecule has 0 radical (unpaired) electrons. The lowest BCUT2D eigenvalue weighted by molar-refractivity contribution is -0.121. The lowest BCUT2D eigenvalue weighted by atomic mass is 10.2. The van der Waals surface area contributed by atoms with Crippen molar-refractivity contribution in [2.24, 2.45) is 5.10 Å². The number of carbonyl (C=O) groups excluding carboxylic acids is 1. The number of rotatable bonds is 10. The maximum atomic E-state index is 12.0. The molecule has 0 aliphatic carbocycles. The number of benzene rings is 2. The summed E-state index contributed by atoms with van der Waals surface area (Å²) in [5.41, 5.74) is 4.10. The Labute approximate surface area is 175 Å². The highest BCUT2D eigenvalue weighted by atomic mass is 35.5. The summed E-state index contributed by atoms with van der Waals surface area (Å²) in [7, 11) is 4.63. The Hall–Kier alpha value is -2.93. The van der Waals surface area contributed by atoms with Crippen LogP contribution in [0, 0.1) is 6.92 Å². The summed E-state index contributed by atoms with van der Waals surface area (Å²) in [6, 6.07) is 8.83. The predicted molar refractivity (Wildman–Crippen MR) is 113 cm³/mol. The van der Waals surface area contributed by atoms with E-state index in [-0.39, 0.29) is 12.3 Å². The second-order valence-corrected chi connectivity index (χ2v) is 6.54. The summed E-state index contributed by atoms with van der Waals surface area (Å²) in [5.74, 6) is 2.18. The van der Waals surface area contributed by atoms with Crippen LogP contribution in [0.25, 0.3) is 0 Å². The molecule has 0 heterocycles. The Bertz CT molecular complexity index is 870. The van der Waals surface area contributed by atoms with E-state index >= 15 is 0 Å². The van der Waals surface area contributed by atoms with Crippen molar-refractivity contribution in [2.45, 2.75) is 19.8 Å². The van der Waals surface area contributed by atoms with Gasteiger partial charge in [-0.2, -0.15) is 5.10 Å². The normalized spacial score (nSPS) is 10.7. The van der Waals surface area contributed by atoms with Crippen molar-refractivity contribution in [3.8, 4) is 23.0 Å². The van der Waals surface area contributed by atoms with Gasteiger partial charge in [-0.3, -0.25) is 4.79 Å². The molecule has 0 bridgehead atoms. The van der Waals surface area contributed by atoms with E-state index in [1.165, 1.54) is 6.21 Å². The van der Waals surface area contributed by atoms with Crippen LogP contribution in [-0.2, 0) is 4.79 Å². The van der Waals surface area contributed by atoms with E-state index < -0.39 is 0 Å². The molecule has 0 aliphatic heterocycles. The summed E-state index contributed by atoms with van der Waals surface area (Å²) in [5, 5.41) is 4.65. The average molecular weight is 421 g/mol. The molecule has 8 heteroatoms. The van der Waals surface area contributed by atoms with Crippen molar-refractivity contribution in [3.63, 3.8) is 0 Å². The van der Waals surface area contributed by atoms with Gasteiger partial charge in [-0.25, -0.2) is 5.43 Å². The van der Waals surface area contributed by atoms with Crippen molar-refractivity contribution in [3.05, 3.63) is 46.5 Å². The Balaban J connectivity index is 1.83. The molecule has 2 rings (SSSR count). The molecule has 0 saturated heterocycles. The molecular formula is C21H25ClN2O5. The number of methoxy groups -OCH3 is 3. The first kappa shape index (κ1) is 22.4. The fourth-order valence-electron chi connectivity index (χ4n) is 2.57.